The van der Waals surface area contributed by atoms with Crippen LogP contribution in [0.25, 0.3) is 0 Å². The largest absolute Gasteiger partial charge is 0.472 e. The fraction of sp³-hybridized carbons (Fsp3) is 0.854. The first-order valence-electron chi connectivity index (χ1n) is 21.1. The van der Waals surface area contributed by atoms with E-state index >= 15 is 0 Å². The van der Waals surface area contributed by atoms with E-state index in [0.29, 0.717) is 12.8 Å². The number of aliphatic hydroxyl groups excluding tert-OH is 5. The molecule has 6 N–H and O–H groups in total. The van der Waals surface area contributed by atoms with E-state index in [1.807, 2.05) is 0 Å². The molecule has 1 saturated carbocycles. The molecule has 0 spiro atoms. The maximum absolute atomic E-state index is 12.8. The lowest BCUT2D eigenvalue weighted by Crippen LogP contribution is -2.64. The summed E-state index contributed by atoms with van der Waals surface area (Å²) in [4.78, 5) is 35.5. The topological polar surface area (TPSA) is 210 Å². The standard InChI is InChI=1S/C41H75O13P/c1-3-5-7-9-11-13-15-16-17-18-20-21-23-25-27-29-34(42)51-31-33(53-35(43)30-28-26-24-22-19-14-12-10-8-6-4-2)32-52-55(49,50)54-41-39(47)37(45)36(44)38(46)40(41)48/h10,12,18,20,33,36-41,44-48H,3-9,11,13-17,19,21-32H2,1-2H3,(H,49,50)/b12-10+,20-18+/t33-,36?,37-,38?,39?,40?,41?/m1/s1. The Morgan fingerprint density at radius 1 is 0.545 bits per heavy atom. The zero-order chi connectivity index (χ0) is 40.7. The Kier molecular flexibility index (Phi) is 30.2. The van der Waals surface area contributed by atoms with Crippen LogP contribution >= 0.6 is 7.82 Å². The first-order chi connectivity index (χ1) is 26.4. The number of phosphoric acid groups is 1. The van der Waals surface area contributed by atoms with Crippen molar-refractivity contribution in [2.75, 3.05) is 13.2 Å². The Bertz CT molecular complexity index is 1070. The van der Waals surface area contributed by atoms with E-state index in [0.717, 1.165) is 64.2 Å². The van der Waals surface area contributed by atoms with Crippen LogP contribution in [0, 0.1) is 0 Å². The molecule has 14 heteroatoms. The summed E-state index contributed by atoms with van der Waals surface area (Å²) in [7, 11) is -5.11. The van der Waals surface area contributed by atoms with Gasteiger partial charge in [-0.3, -0.25) is 18.6 Å². The quantitative estimate of drug-likeness (QED) is 0.0164. The van der Waals surface area contributed by atoms with Crippen molar-refractivity contribution in [3.05, 3.63) is 24.3 Å². The molecule has 0 aromatic carbocycles. The minimum absolute atomic E-state index is 0.0841. The summed E-state index contributed by atoms with van der Waals surface area (Å²) < 4.78 is 33.4. The van der Waals surface area contributed by atoms with Gasteiger partial charge in [-0.25, -0.2) is 4.57 Å². The zero-order valence-electron chi connectivity index (χ0n) is 33.7. The van der Waals surface area contributed by atoms with Gasteiger partial charge in [0.1, 0.15) is 43.2 Å². The number of unbranched alkanes of at least 4 members (excludes halogenated alkanes) is 18. The van der Waals surface area contributed by atoms with Gasteiger partial charge >= 0.3 is 19.8 Å². The first kappa shape index (κ1) is 51.3. The Morgan fingerprint density at radius 2 is 0.945 bits per heavy atom. The van der Waals surface area contributed by atoms with Crippen LogP contribution in [-0.2, 0) is 32.7 Å². The molecule has 1 fully saturated rings. The first-order valence-corrected chi connectivity index (χ1v) is 22.6. The van der Waals surface area contributed by atoms with E-state index in [-0.39, 0.29) is 12.8 Å². The number of hydrogen-bond acceptors (Lipinski definition) is 12. The van der Waals surface area contributed by atoms with Gasteiger partial charge in [0.2, 0.25) is 0 Å². The van der Waals surface area contributed by atoms with Crippen LogP contribution in [0.4, 0.5) is 0 Å². The summed E-state index contributed by atoms with van der Waals surface area (Å²) in [6.45, 7) is 3.21. The van der Waals surface area contributed by atoms with Crippen LogP contribution < -0.4 is 0 Å². The molecule has 1 aliphatic carbocycles. The molecule has 0 amide bonds. The number of phosphoric ester groups is 1. The third-order valence-electron chi connectivity index (χ3n) is 9.77. The molecule has 322 valence electrons. The third-order valence-corrected chi connectivity index (χ3v) is 10.8. The van der Waals surface area contributed by atoms with Gasteiger partial charge in [-0.05, 0) is 57.8 Å². The third kappa shape index (κ3) is 25.3. The van der Waals surface area contributed by atoms with Gasteiger partial charge in [-0.15, -0.1) is 0 Å². The van der Waals surface area contributed by atoms with Gasteiger partial charge in [0.15, 0.2) is 6.10 Å². The maximum atomic E-state index is 12.8. The smallest absolute Gasteiger partial charge is 0.462 e. The number of esters is 2. The SMILES string of the molecule is CCCC/C=C/CCCCCCCC(=O)O[C@H](COC(=O)CCCCC/C=C/CCCCCCCCCC)COP(=O)(O)OC1C(O)C(O)C(O)[C@@H](O)C1O. The average Bonchev–Trinajstić information content (AvgIpc) is 3.16. The molecular formula is C41H75O13P. The molecule has 0 bridgehead atoms. The normalized spacial score (nSPS) is 23.3. The zero-order valence-corrected chi connectivity index (χ0v) is 34.6. The van der Waals surface area contributed by atoms with Crippen LogP contribution in [0.3, 0.4) is 0 Å². The van der Waals surface area contributed by atoms with Gasteiger partial charge in [0.05, 0.1) is 6.61 Å². The van der Waals surface area contributed by atoms with E-state index in [4.69, 9.17) is 18.5 Å². The van der Waals surface area contributed by atoms with Gasteiger partial charge < -0.3 is 39.9 Å². The van der Waals surface area contributed by atoms with Crippen molar-refractivity contribution in [2.45, 2.75) is 211 Å². The van der Waals surface area contributed by atoms with Crippen LogP contribution in [0.1, 0.15) is 168 Å². The second-order valence-electron chi connectivity index (χ2n) is 14.8. The van der Waals surface area contributed by atoms with E-state index in [2.05, 4.69) is 38.2 Å². The van der Waals surface area contributed by atoms with E-state index in [9.17, 15) is 44.6 Å². The predicted molar refractivity (Wildman–Crippen MR) is 212 cm³/mol. The number of ether oxygens (including phenoxy) is 2. The number of aliphatic hydroxyl groups is 5. The summed E-state index contributed by atoms with van der Waals surface area (Å²) in [5.74, 6) is -1.13. The highest BCUT2D eigenvalue weighted by molar-refractivity contribution is 7.47. The molecule has 0 radical (unpaired) electrons. The van der Waals surface area contributed by atoms with Crippen LogP contribution in [-0.4, -0.2) is 98.3 Å². The number of carbonyl (C=O) groups is 2. The minimum atomic E-state index is -5.11. The second kappa shape index (κ2) is 32.3. The molecule has 1 aliphatic rings. The summed E-state index contributed by atoms with van der Waals surface area (Å²) in [5, 5.41) is 50.0. The van der Waals surface area contributed by atoms with Crippen molar-refractivity contribution in [3.63, 3.8) is 0 Å². The van der Waals surface area contributed by atoms with Crippen LogP contribution in [0.15, 0.2) is 24.3 Å². The summed E-state index contributed by atoms with van der Waals surface area (Å²) >= 11 is 0. The fourth-order valence-electron chi connectivity index (χ4n) is 6.26. The molecule has 0 aromatic heterocycles. The summed E-state index contributed by atoms with van der Waals surface area (Å²) in [6, 6.07) is 0. The number of carbonyl (C=O) groups excluding carboxylic acids is 2. The second-order valence-corrected chi connectivity index (χ2v) is 16.2. The maximum Gasteiger partial charge on any atom is 0.472 e. The van der Waals surface area contributed by atoms with Crippen molar-refractivity contribution in [3.8, 4) is 0 Å². The highest BCUT2D eigenvalue weighted by Crippen LogP contribution is 2.47. The highest BCUT2D eigenvalue weighted by Gasteiger charge is 2.51. The molecular weight excluding hydrogens is 731 g/mol. The highest BCUT2D eigenvalue weighted by atomic mass is 31.2. The molecule has 13 nitrogen and oxygen atoms in total. The fourth-order valence-corrected chi connectivity index (χ4v) is 7.23. The van der Waals surface area contributed by atoms with Gasteiger partial charge in [-0.2, -0.15) is 0 Å². The van der Waals surface area contributed by atoms with Crippen molar-refractivity contribution in [1.29, 1.82) is 0 Å². The molecule has 0 heterocycles. The average molecular weight is 807 g/mol. The summed E-state index contributed by atoms with van der Waals surface area (Å²) in [5.41, 5.74) is 0. The molecule has 6 unspecified atom stereocenters. The van der Waals surface area contributed by atoms with Crippen LogP contribution in [0.5, 0.6) is 0 Å². The molecule has 0 saturated heterocycles. The van der Waals surface area contributed by atoms with E-state index in [1.54, 1.807) is 0 Å². The van der Waals surface area contributed by atoms with Crippen molar-refractivity contribution in [2.24, 2.45) is 0 Å². The minimum Gasteiger partial charge on any atom is -0.462 e. The van der Waals surface area contributed by atoms with Crippen LogP contribution in [0.2, 0.25) is 0 Å². The van der Waals surface area contributed by atoms with Crippen molar-refractivity contribution in [1.82, 2.24) is 0 Å². The predicted octanol–water partition coefficient (Wildman–Crippen LogP) is 7.28. The Balaban J connectivity index is 2.51. The Morgan fingerprint density at radius 3 is 1.45 bits per heavy atom. The Labute approximate surface area is 330 Å². The van der Waals surface area contributed by atoms with Gasteiger partial charge in [-0.1, -0.05) is 122 Å². The lowest BCUT2D eigenvalue weighted by molar-refractivity contribution is -0.220. The summed E-state index contributed by atoms with van der Waals surface area (Å²) in [6.07, 6.45) is 19.7. The number of rotatable bonds is 34. The van der Waals surface area contributed by atoms with Gasteiger partial charge in [0.25, 0.3) is 0 Å². The lowest BCUT2D eigenvalue weighted by Gasteiger charge is -2.41. The van der Waals surface area contributed by atoms with Crippen molar-refractivity contribution < 1.29 is 63.1 Å². The van der Waals surface area contributed by atoms with E-state index in [1.165, 1.54) is 64.2 Å². The van der Waals surface area contributed by atoms with E-state index < -0.39 is 75.7 Å². The molecule has 0 aliphatic heterocycles. The number of hydrogen-bond donors (Lipinski definition) is 6. The Hall–Kier alpha value is -1.67. The molecule has 1 rings (SSSR count). The lowest BCUT2D eigenvalue weighted by atomic mass is 9.85. The number of allylic oxidation sites excluding steroid dienone is 4. The monoisotopic (exact) mass is 806 g/mol. The molecule has 55 heavy (non-hydrogen) atoms. The molecule has 8 atom stereocenters. The van der Waals surface area contributed by atoms with Crippen molar-refractivity contribution >= 4 is 19.8 Å². The molecule has 0 aromatic rings. The van der Waals surface area contributed by atoms with Gasteiger partial charge in [0, 0.05) is 12.8 Å².